The van der Waals surface area contributed by atoms with E-state index < -0.39 is 0 Å². The molecule has 0 aliphatic rings. The van der Waals surface area contributed by atoms with E-state index in [1.165, 1.54) is 0 Å². The fourth-order valence-electron chi connectivity index (χ4n) is 2.19. The van der Waals surface area contributed by atoms with Gasteiger partial charge in [-0.15, -0.1) is 0 Å². The maximum Gasteiger partial charge on any atom is 0.150 e. The maximum atomic E-state index is 5.62. The highest BCUT2D eigenvalue weighted by Gasteiger charge is 2.12. The molecule has 108 valence electrons. The van der Waals surface area contributed by atoms with Crippen LogP contribution in [0.25, 0.3) is 11.0 Å². The summed E-state index contributed by atoms with van der Waals surface area (Å²) in [7, 11) is 1.71. The van der Waals surface area contributed by atoms with Crippen LogP contribution in [-0.4, -0.2) is 43.3 Å². The molecule has 1 aromatic heterocycles. The zero-order valence-electron chi connectivity index (χ0n) is 12.2. The van der Waals surface area contributed by atoms with E-state index in [9.17, 15) is 0 Å². The number of aromatic nitrogens is 2. The number of anilines is 1. The van der Waals surface area contributed by atoms with Gasteiger partial charge in [-0.3, -0.25) is 0 Å². The van der Waals surface area contributed by atoms with Crippen molar-refractivity contribution in [2.75, 3.05) is 38.3 Å². The molecule has 0 amide bonds. The second-order valence-electron chi connectivity index (χ2n) is 4.74. The molecule has 2 rings (SSSR count). The van der Waals surface area contributed by atoms with Crippen LogP contribution in [0.15, 0.2) is 24.3 Å². The molecule has 0 saturated carbocycles. The highest BCUT2D eigenvalue weighted by atomic mass is 16.5. The fraction of sp³-hybridized carbons (Fsp3) is 0.467. The highest BCUT2D eigenvalue weighted by molar-refractivity contribution is 5.76. The van der Waals surface area contributed by atoms with E-state index >= 15 is 0 Å². The van der Waals surface area contributed by atoms with Crippen LogP contribution >= 0.6 is 0 Å². The summed E-state index contributed by atoms with van der Waals surface area (Å²) in [4.78, 5) is 11.6. The number of fused-ring (bicyclic) bond motifs is 1. The molecule has 5 heteroatoms. The number of hydrogen-bond donors (Lipinski definition) is 1. The van der Waals surface area contributed by atoms with Gasteiger partial charge in [0.25, 0.3) is 0 Å². The molecule has 5 nitrogen and oxygen atoms in total. The Kier molecular flexibility index (Phi) is 5.26. The molecule has 1 aromatic carbocycles. The molecule has 0 unspecified atom stereocenters. The van der Waals surface area contributed by atoms with Gasteiger partial charge in [-0.25, -0.2) is 9.97 Å². The summed E-state index contributed by atoms with van der Waals surface area (Å²) in [6.45, 7) is 5.00. The number of nitrogens with zero attached hydrogens (tertiary/aromatic N) is 3. The molecule has 2 aromatic rings. The Balaban J connectivity index is 2.32. The number of benzene rings is 1. The quantitative estimate of drug-likeness (QED) is 0.833. The standard InChI is InChI=1S/C15H22N4O/c1-12-15(19(9-5-8-16)10-11-20-2)18-14-7-4-3-6-13(14)17-12/h3-4,6-7H,5,8-11,16H2,1-2H3. The second kappa shape index (κ2) is 7.17. The number of aryl methyl sites for hydroxylation is 1. The SMILES string of the molecule is COCCN(CCCN)c1nc2ccccc2nc1C. The van der Waals surface area contributed by atoms with Gasteiger partial charge in [-0.2, -0.15) is 0 Å². The first-order chi connectivity index (χ1) is 9.76. The van der Waals surface area contributed by atoms with Gasteiger partial charge in [-0.1, -0.05) is 12.1 Å². The largest absolute Gasteiger partial charge is 0.383 e. The Hall–Kier alpha value is -1.72. The van der Waals surface area contributed by atoms with Crippen LogP contribution in [0.4, 0.5) is 5.82 Å². The normalized spacial score (nSPS) is 10.9. The first-order valence-electron chi connectivity index (χ1n) is 6.93. The predicted octanol–water partition coefficient (Wildman–Crippen LogP) is 1.74. The van der Waals surface area contributed by atoms with Gasteiger partial charge in [0, 0.05) is 20.2 Å². The van der Waals surface area contributed by atoms with E-state index in [1.807, 2.05) is 31.2 Å². The molecule has 1 heterocycles. The van der Waals surface area contributed by atoms with E-state index in [-0.39, 0.29) is 0 Å². The minimum atomic E-state index is 0.665. The molecular weight excluding hydrogens is 252 g/mol. The van der Waals surface area contributed by atoms with Gasteiger partial charge < -0.3 is 15.4 Å². The third kappa shape index (κ3) is 3.43. The topological polar surface area (TPSA) is 64.3 Å². The lowest BCUT2D eigenvalue weighted by Gasteiger charge is -2.24. The fourth-order valence-corrected chi connectivity index (χ4v) is 2.19. The molecule has 0 radical (unpaired) electrons. The van der Waals surface area contributed by atoms with Crippen LogP contribution in [-0.2, 0) is 4.74 Å². The smallest absolute Gasteiger partial charge is 0.150 e. The molecule has 0 bridgehead atoms. The Bertz CT molecular complexity index is 551. The van der Waals surface area contributed by atoms with Crippen LogP contribution in [0.5, 0.6) is 0 Å². The molecule has 0 fully saturated rings. The van der Waals surface area contributed by atoms with Crippen molar-refractivity contribution in [2.45, 2.75) is 13.3 Å². The van der Waals surface area contributed by atoms with E-state index in [0.29, 0.717) is 13.2 Å². The van der Waals surface area contributed by atoms with Crippen LogP contribution in [0.3, 0.4) is 0 Å². The van der Waals surface area contributed by atoms with Crippen molar-refractivity contribution in [3.05, 3.63) is 30.0 Å². The Morgan fingerprint density at radius 2 is 1.85 bits per heavy atom. The molecule has 0 aliphatic heterocycles. The lowest BCUT2D eigenvalue weighted by atomic mass is 10.2. The minimum absolute atomic E-state index is 0.665. The van der Waals surface area contributed by atoms with Crippen molar-refractivity contribution in [2.24, 2.45) is 5.73 Å². The number of methoxy groups -OCH3 is 1. The molecule has 0 saturated heterocycles. The number of hydrogen-bond acceptors (Lipinski definition) is 5. The van der Waals surface area contributed by atoms with Crippen LogP contribution in [0, 0.1) is 6.92 Å². The molecule has 20 heavy (non-hydrogen) atoms. The summed E-state index contributed by atoms with van der Waals surface area (Å²) >= 11 is 0. The third-order valence-corrected chi connectivity index (χ3v) is 3.22. The average molecular weight is 274 g/mol. The lowest BCUT2D eigenvalue weighted by molar-refractivity contribution is 0.205. The third-order valence-electron chi connectivity index (χ3n) is 3.22. The van der Waals surface area contributed by atoms with E-state index in [0.717, 1.165) is 42.1 Å². The average Bonchev–Trinajstić information content (AvgIpc) is 2.47. The van der Waals surface area contributed by atoms with E-state index in [4.69, 9.17) is 15.5 Å². The zero-order valence-corrected chi connectivity index (χ0v) is 12.2. The first kappa shape index (κ1) is 14.7. The lowest BCUT2D eigenvalue weighted by Crippen LogP contribution is -2.31. The summed E-state index contributed by atoms with van der Waals surface area (Å²) in [6.07, 6.45) is 0.928. The summed E-state index contributed by atoms with van der Waals surface area (Å²) in [5.74, 6) is 0.925. The second-order valence-corrected chi connectivity index (χ2v) is 4.74. The number of rotatable bonds is 7. The Morgan fingerprint density at radius 1 is 1.15 bits per heavy atom. The summed E-state index contributed by atoms with van der Waals surface area (Å²) in [5, 5.41) is 0. The van der Waals surface area contributed by atoms with Crippen molar-refractivity contribution in [3.8, 4) is 0 Å². The zero-order chi connectivity index (χ0) is 14.4. The summed E-state index contributed by atoms with van der Waals surface area (Å²) in [5.41, 5.74) is 8.41. The molecule has 2 N–H and O–H groups in total. The van der Waals surface area contributed by atoms with Gasteiger partial charge >= 0.3 is 0 Å². The predicted molar refractivity (Wildman–Crippen MR) is 82.0 cm³/mol. The Morgan fingerprint density at radius 3 is 2.50 bits per heavy atom. The van der Waals surface area contributed by atoms with E-state index in [1.54, 1.807) is 7.11 Å². The number of para-hydroxylation sites is 2. The van der Waals surface area contributed by atoms with Crippen LogP contribution in [0.1, 0.15) is 12.1 Å². The van der Waals surface area contributed by atoms with Crippen molar-refractivity contribution >= 4 is 16.9 Å². The monoisotopic (exact) mass is 274 g/mol. The van der Waals surface area contributed by atoms with Gasteiger partial charge in [-0.05, 0) is 32.0 Å². The summed E-state index contributed by atoms with van der Waals surface area (Å²) < 4.78 is 5.18. The van der Waals surface area contributed by atoms with Gasteiger partial charge in [0.05, 0.1) is 23.3 Å². The maximum absolute atomic E-state index is 5.62. The van der Waals surface area contributed by atoms with E-state index in [2.05, 4.69) is 9.88 Å². The minimum Gasteiger partial charge on any atom is -0.383 e. The molecular formula is C15H22N4O. The van der Waals surface area contributed by atoms with Crippen molar-refractivity contribution in [1.82, 2.24) is 9.97 Å². The van der Waals surface area contributed by atoms with Crippen LogP contribution < -0.4 is 10.6 Å². The highest BCUT2D eigenvalue weighted by Crippen LogP contribution is 2.20. The number of ether oxygens (including phenoxy) is 1. The van der Waals surface area contributed by atoms with Gasteiger partial charge in [0.1, 0.15) is 0 Å². The number of nitrogens with two attached hydrogens (primary N) is 1. The Labute approximate surface area is 119 Å². The van der Waals surface area contributed by atoms with Crippen molar-refractivity contribution < 1.29 is 4.74 Å². The summed E-state index contributed by atoms with van der Waals surface area (Å²) in [6, 6.07) is 7.93. The van der Waals surface area contributed by atoms with Crippen molar-refractivity contribution in [1.29, 1.82) is 0 Å². The first-order valence-corrected chi connectivity index (χ1v) is 6.93. The van der Waals surface area contributed by atoms with Gasteiger partial charge in [0.15, 0.2) is 5.82 Å². The van der Waals surface area contributed by atoms with Gasteiger partial charge in [0.2, 0.25) is 0 Å². The molecule has 0 spiro atoms. The molecule has 0 atom stereocenters. The van der Waals surface area contributed by atoms with Crippen LogP contribution in [0.2, 0.25) is 0 Å². The van der Waals surface area contributed by atoms with Crippen molar-refractivity contribution in [3.63, 3.8) is 0 Å². The molecule has 0 aliphatic carbocycles.